The summed E-state index contributed by atoms with van der Waals surface area (Å²) in [5.74, 6) is -0.250. The predicted molar refractivity (Wildman–Crippen MR) is 103 cm³/mol. The fraction of sp³-hybridized carbons (Fsp3) is 0.350. The van der Waals surface area contributed by atoms with Crippen LogP contribution in [0, 0.1) is 0 Å². The highest BCUT2D eigenvalue weighted by Gasteiger charge is 2.17. The highest BCUT2D eigenvalue weighted by molar-refractivity contribution is 5.93. The Bertz CT molecular complexity index is 785. The van der Waals surface area contributed by atoms with Crippen molar-refractivity contribution in [1.29, 1.82) is 0 Å². The third-order valence-corrected chi connectivity index (χ3v) is 4.40. The summed E-state index contributed by atoms with van der Waals surface area (Å²) in [4.78, 5) is 27.8. The van der Waals surface area contributed by atoms with Gasteiger partial charge in [-0.1, -0.05) is 25.3 Å². The third-order valence-electron chi connectivity index (χ3n) is 4.40. The Balaban J connectivity index is 1.67. The Morgan fingerprint density at radius 2 is 1.73 bits per heavy atom. The predicted octanol–water partition coefficient (Wildman–Crippen LogP) is 3.85. The maximum absolute atomic E-state index is 12.4. The van der Waals surface area contributed by atoms with Gasteiger partial charge in [0.15, 0.2) is 0 Å². The van der Waals surface area contributed by atoms with Crippen LogP contribution in [0.2, 0.25) is 0 Å². The van der Waals surface area contributed by atoms with E-state index in [-0.39, 0.29) is 17.9 Å². The Kier molecular flexibility index (Phi) is 5.84. The number of hydrogen-bond donors (Lipinski definition) is 3. The molecule has 1 fully saturated rings. The molecule has 0 radical (unpaired) electrons. The molecule has 0 spiro atoms. The van der Waals surface area contributed by atoms with E-state index in [4.69, 9.17) is 0 Å². The molecular formula is C20H24N4O2. The second-order valence-electron chi connectivity index (χ2n) is 6.63. The first-order valence-electron chi connectivity index (χ1n) is 9.02. The second-order valence-corrected chi connectivity index (χ2v) is 6.63. The third kappa shape index (κ3) is 5.05. The van der Waals surface area contributed by atoms with Gasteiger partial charge in [-0.3, -0.25) is 14.6 Å². The average molecular weight is 352 g/mol. The van der Waals surface area contributed by atoms with E-state index in [2.05, 4.69) is 20.9 Å². The zero-order chi connectivity index (χ0) is 18.4. The summed E-state index contributed by atoms with van der Waals surface area (Å²) in [7, 11) is 0. The van der Waals surface area contributed by atoms with Crippen LogP contribution in [0.5, 0.6) is 0 Å². The van der Waals surface area contributed by atoms with E-state index in [0.29, 0.717) is 11.4 Å². The lowest BCUT2D eigenvalue weighted by atomic mass is 9.95. The smallest absolute Gasteiger partial charge is 0.270 e. The standard InChI is InChI=1S/C20H24N4O2/c1-14(25)22-16-8-5-9-17(12-16)23-18-10-11-21-19(13-18)20(26)24-15-6-3-2-4-7-15/h5,8-13,15H,2-4,6-7H2,1H3,(H,21,23)(H,22,25)(H,24,26). The van der Waals surface area contributed by atoms with Gasteiger partial charge in [0, 0.05) is 36.2 Å². The first-order chi connectivity index (χ1) is 12.6. The van der Waals surface area contributed by atoms with Crippen molar-refractivity contribution in [2.45, 2.75) is 45.1 Å². The lowest BCUT2D eigenvalue weighted by Crippen LogP contribution is -2.36. The number of hydrogen-bond acceptors (Lipinski definition) is 4. The van der Waals surface area contributed by atoms with Gasteiger partial charge in [-0.25, -0.2) is 0 Å². The van der Waals surface area contributed by atoms with Gasteiger partial charge in [0.2, 0.25) is 5.91 Å². The fourth-order valence-corrected chi connectivity index (χ4v) is 3.18. The Hall–Kier alpha value is -2.89. The number of benzene rings is 1. The average Bonchev–Trinajstić information content (AvgIpc) is 2.62. The molecule has 1 aliphatic carbocycles. The van der Waals surface area contributed by atoms with E-state index in [9.17, 15) is 9.59 Å². The van der Waals surface area contributed by atoms with Crippen molar-refractivity contribution in [1.82, 2.24) is 10.3 Å². The molecule has 0 unspecified atom stereocenters. The quantitative estimate of drug-likeness (QED) is 0.763. The van der Waals surface area contributed by atoms with Crippen LogP contribution >= 0.6 is 0 Å². The summed E-state index contributed by atoms with van der Waals surface area (Å²) in [5.41, 5.74) is 2.71. The van der Waals surface area contributed by atoms with Gasteiger partial charge in [-0.2, -0.15) is 0 Å². The molecule has 136 valence electrons. The fourth-order valence-electron chi connectivity index (χ4n) is 3.18. The molecule has 1 heterocycles. The van der Waals surface area contributed by atoms with Crippen molar-refractivity contribution in [2.75, 3.05) is 10.6 Å². The molecule has 0 saturated heterocycles. The van der Waals surface area contributed by atoms with Gasteiger partial charge in [-0.05, 0) is 43.2 Å². The van der Waals surface area contributed by atoms with Crippen LogP contribution in [-0.2, 0) is 4.79 Å². The van der Waals surface area contributed by atoms with Crippen molar-refractivity contribution < 1.29 is 9.59 Å². The summed E-state index contributed by atoms with van der Waals surface area (Å²) in [6, 6.07) is 11.2. The topological polar surface area (TPSA) is 83.1 Å². The molecule has 0 atom stereocenters. The van der Waals surface area contributed by atoms with Crippen LogP contribution in [-0.4, -0.2) is 22.8 Å². The Morgan fingerprint density at radius 3 is 2.50 bits per heavy atom. The second kappa shape index (κ2) is 8.47. The van der Waals surface area contributed by atoms with E-state index >= 15 is 0 Å². The molecule has 2 aromatic rings. The first-order valence-corrected chi connectivity index (χ1v) is 9.02. The van der Waals surface area contributed by atoms with E-state index in [1.165, 1.54) is 26.2 Å². The molecule has 1 aliphatic rings. The number of carbonyl (C=O) groups excluding carboxylic acids is 2. The molecule has 1 aromatic heterocycles. The van der Waals surface area contributed by atoms with Crippen molar-refractivity contribution in [3.8, 4) is 0 Å². The number of anilines is 3. The van der Waals surface area contributed by atoms with E-state index < -0.39 is 0 Å². The van der Waals surface area contributed by atoms with Crippen molar-refractivity contribution in [2.24, 2.45) is 0 Å². The van der Waals surface area contributed by atoms with Crippen LogP contribution in [0.25, 0.3) is 0 Å². The SMILES string of the molecule is CC(=O)Nc1cccc(Nc2ccnc(C(=O)NC3CCCCC3)c2)c1. The van der Waals surface area contributed by atoms with Crippen molar-refractivity contribution in [3.05, 3.63) is 48.3 Å². The first kappa shape index (κ1) is 17.9. The number of nitrogens with one attached hydrogen (secondary N) is 3. The molecule has 1 aromatic carbocycles. The zero-order valence-electron chi connectivity index (χ0n) is 14.9. The van der Waals surface area contributed by atoms with Gasteiger partial charge in [0.25, 0.3) is 5.91 Å². The molecule has 26 heavy (non-hydrogen) atoms. The highest BCUT2D eigenvalue weighted by Crippen LogP contribution is 2.21. The summed E-state index contributed by atoms with van der Waals surface area (Å²) in [5, 5.41) is 9.08. The zero-order valence-corrected chi connectivity index (χ0v) is 14.9. The number of carbonyl (C=O) groups is 2. The number of aromatic nitrogens is 1. The minimum absolute atomic E-state index is 0.118. The molecule has 1 saturated carbocycles. The summed E-state index contributed by atoms with van der Waals surface area (Å²) < 4.78 is 0. The van der Waals surface area contributed by atoms with Crippen LogP contribution < -0.4 is 16.0 Å². The maximum Gasteiger partial charge on any atom is 0.270 e. The van der Waals surface area contributed by atoms with Gasteiger partial charge < -0.3 is 16.0 Å². The minimum Gasteiger partial charge on any atom is -0.355 e. The number of pyridine rings is 1. The maximum atomic E-state index is 12.4. The Morgan fingerprint density at radius 1 is 1.00 bits per heavy atom. The van der Waals surface area contributed by atoms with Crippen LogP contribution in [0.15, 0.2) is 42.6 Å². The summed E-state index contributed by atoms with van der Waals surface area (Å²) in [6.07, 6.45) is 7.30. The monoisotopic (exact) mass is 352 g/mol. The highest BCUT2D eigenvalue weighted by atomic mass is 16.2. The normalized spacial score (nSPS) is 14.5. The summed E-state index contributed by atoms with van der Waals surface area (Å²) in [6.45, 7) is 1.47. The lowest BCUT2D eigenvalue weighted by molar-refractivity contribution is -0.114. The largest absolute Gasteiger partial charge is 0.355 e. The lowest BCUT2D eigenvalue weighted by Gasteiger charge is -2.22. The molecular weight excluding hydrogens is 328 g/mol. The summed E-state index contributed by atoms with van der Waals surface area (Å²) >= 11 is 0. The van der Waals surface area contributed by atoms with Crippen LogP contribution in [0.4, 0.5) is 17.1 Å². The van der Waals surface area contributed by atoms with Gasteiger partial charge >= 0.3 is 0 Å². The number of rotatable bonds is 5. The number of amides is 2. The van der Waals surface area contributed by atoms with E-state index in [1.54, 1.807) is 12.3 Å². The van der Waals surface area contributed by atoms with Crippen LogP contribution in [0.1, 0.15) is 49.5 Å². The molecule has 2 amide bonds. The molecule has 6 nitrogen and oxygen atoms in total. The van der Waals surface area contributed by atoms with Crippen LogP contribution in [0.3, 0.4) is 0 Å². The van der Waals surface area contributed by atoms with Crippen molar-refractivity contribution >= 4 is 28.9 Å². The minimum atomic E-state index is -0.132. The van der Waals surface area contributed by atoms with Gasteiger partial charge in [0.1, 0.15) is 5.69 Å². The molecule has 0 aliphatic heterocycles. The Labute approximate surface area is 153 Å². The van der Waals surface area contributed by atoms with Crippen molar-refractivity contribution in [3.63, 3.8) is 0 Å². The molecule has 6 heteroatoms. The van der Waals surface area contributed by atoms with Gasteiger partial charge in [0.05, 0.1) is 0 Å². The number of nitrogens with zero attached hydrogens (tertiary/aromatic N) is 1. The van der Waals surface area contributed by atoms with Gasteiger partial charge in [-0.15, -0.1) is 0 Å². The van der Waals surface area contributed by atoms with E-state index in [1.807, 2.05) is 30.3 Å². The van der Waals surface area contributed by atoms with E-state index in [0.717, 1.165) is 24.2 Å². The molecule has 3 rings (SSSR count). The molecule has 3 N–H and O–H groups in total. The molecule has 0 bridgehead atoms.